The third kappa shape index (κ3) is 6.20. The number of rotatable bonds is 10. The molecule has 2 aromatic heterocycles. The van der Waals surface area contributed by atoms with Crippen molar-refractivity contribution < 1.29 is 4.74 Å². The molecule has 0 unspecified atom stereocenters. The van der Waals surface area contributed by atoms with Gasteiger partial charge in [-0.2, -0.15) is 5.26 Å². The predicted octanol–water partition coefficient (Wildman–Crippen LogP) is 7.22. The van der Waals surface area contributed by atoms with E-state index in [4.69, 9.17) is 21.3 Å². The molecule has 2 heterocycles. The zero-order valence-electron chi connectivity index (χ0n) is 23.7. The van der Waals surface area contributed by atoms with Crippen LogP contribution in [0.1, 0.15) is 17.5 Å². The Kier molecular flexibility index (Phi) is 8.54. The highest BCUT2D eigenvalue weighted by Gasteiger charge is 2.16. The van der Waals surface area contributed by atoms with Crippen molar-refractivity contribution in [1.29, 1.82) is 5.26 Å². The summed E-state index contributed by atoms with van der Waals surface area (Å²) >= 11 is 8.27. The predicted molar refractivity (Wildman–Crippen MR) is 169 cm³/mol. The summed E-state index contributed by atoms with van der Waals surface area (Å²) in [7, 11) is 7.77. The number of hydrogen-bond donors (Lipinski definition) is 2. The van der Waals surface area contributed by atoms with E-state index in [0.29, 0.717) is 22.0 Å². The maximum absolute atomic E-state index is 9.87. The van der Waals surface area contributed by atoms with Crippen molar-refractivity contribution >= 4 is 62.4 Å². The quantitative estimate of drug-likeness (QED) is 0.166. The number of nitrogens with zero attached hydrogens (tertiary/aromatic N) is 5. The third-order valence-electron chi connectivity index (χ3n) is 6.80. The van der Waals surface area contributed by atoms with Crippen LogP contribution in [0.4, 0.5) is 17.1 Å². The molecular formula is C31H32ClN7OS. The van der Waals surface area contributed by atoms with Gasteiger partial charge in [-0.1, -0.05) is 29.4 Å². The zero-order chi connectivity index (χ0) is 29.1. The first-order chi connectivity index (χ1) is 19.8. The van der Waals surface area contributed by atoms with Crippen molar-refractivity contribution in [3.8, 4) is 11.8 Å². The molecule has 0 aliphatic carbocycles. The molecule has 41 heavy (non-hydrogen) atoms. The number of pyridine rings is 1. The van der Waals surface area contributed by atoms with Crippen LogP contribution < -0.4 is 15.4 Å². The Morgan fingerprint density at radius 2 is 1.95 bits per heavy atom. The Balaban J connectivity index is 1.42. The molecule has 0 atom stereocenters. The van der Waals surface area contributed by atoms with Gasteiger partial charge < -0.3 is 24.8 Å². The SMILES string of the molecule is COc1cc2c(Nc3ccc(Sc4nc5cc(C)ccc5n4C)c(Cl)c3)c(C#N)cnc2cc1NCCCN(C)C. The van der Waals surface area contributed by atoms with Crippen LogP contribution in [0.2, 0.25) is 5.02 Å². The number of nitriles is 1. The first kappa shape index (κ1) is 28.6. The molecule has 8 nitrogen and oxygen atoms in total. The van der Waals surface area contributed by atoms with Crippen molar-refractivity contribution in [2.75, 3.05) is 44.9 Å². The van der Waals surface area contributed by atoms with Crippen molar-refractivity contribution in [3.63, 3.8) is 0 Å². The molecular weight excluding hydrogens is 554 g/mol. The third-order valence-corrected chi connectivity index (χ3v) is 8.35. The Morgan fingerprint density at radius 3 is 2.68 bits per heavy atom. The molecule has 3 aromatic carbocycles. The van der Waals surface area contributed by atoms with Gasteiger partial charge in [0.05, 0.1) is 45.6 Å². The molecule has 0 fully saturated rings. The van der Waals surface area contributed by atoms with E-state index >= 15 is 0 Å². The normalized spacial score (nSPS) is 11.3. The average Bonchev–Trinajstić information content (AvgIpc) is 3.25. The van der Waals surface area contributed by atoms with Crippen LogP contribution in [-0.4, -0.2) is 53.7 Å². The smallest absolute Gasteiger partial charge is 0.173 e. The first-order valence-electron chi connectivity index (χ1n) is 13.2. The number of benzene rings is 3. The van der Waals surface area contributed by atoms with Gasteiger partial charge in [-0.3, -0.25) is 4.98 Å². The fraction of sp³-hybridized carbons (Fsp3) is 0.258. The number of anilines is 3. The molecule has 0 radical (unpaired) electrons. The van der Waals surface area contributed by atoms with E-state index in [1.54, 1.807) is 13.3 Å². The minimum absolute atomic E-state index is 0.427. The number of methoxy groups -OCH3 is 1. The highest BCUT2D eigenvalue weighted by atomic mass is 35.5. The molecule has 2 N–H and O–H groups in total. The number of nitrogens with one attached hydrogen (secondary N) is 2. The van der Waals surface area contributed by atoms with Gasteiger partial charge in [-0.25, -0.2) is 4.98 Å². The van der Waals surface area contributed by atoms with Gasteiger partial charge in [-0.15, -0.1) is 0 Å². The van der Waals surface area contributed by atoms with Crippen LogP contribution in [0.5, 0.6) is 5.75 Å². The van der Waals surface area contributed by atoms with Crippen LogP contribution in [0.25, 0.3) is 21.9 Å². The standard InChI is InChI=1S/C31H32ClN7OS/c1-19-7-9-27-25(13-19)37-31(39(27)4)41-29-10-8-21(14-23(29)32)36-30-20(17-33)18-35-24-16-26(28(40-5)15-22(24)30)34-11-6-12-38(2)3/h7-10,13-16,18,34H,6,11-12H2,1-5H3,(H,35,36). The molecule has 0 aliphatic heterocycles. The summed E-state index contributed by atoms with van der Waals surface area (Å²) in [6, 6.07) is 18.2. The molecule has 0 amide bonds. The average molecular weight is 586 g/mol. The van der Waals surface area contributed by atoms with E-state index < -0.39 is 0 Å². The molecule has 210 valence electrons. The summed E-state index contributed by atoms with van der Waals surface area (Å²) in [4.78, 5) is 12.4. The lowest BCUT2D eigenvalue weighted by atomic mass is 10.1. The van der Waals surface area contributed by atoms with E-state index in [-0.39, 0.29) is 0 Å². The van der Waals surface area contributed by atoms with E-state index in [2.05, 4.69) is 70.4 Å². The molecule has 0 spiro atoms. The Hall–Kier alpha value is -3.97. The second-order valence-corrected chi connectivity index (χ2v) is 11.5. The zero-order valence-corrected chi connectivity index (χ0v) is 25.3. The van der Waals surface area contributed by atoms with Gasteiger partial charge in [0, 0.05) is 35.8 Å². The molecule has 0 saturated heterocycles. The Labute approximate surface area is 249 Å². The van der Waals surface area contributed by atoms with Gasteiger partial charge in [0.25, 0.3) is 0 Å². The summed E-state index contributed by atoms with van der Waals surface area (Å²) in [5.41, 5.74) is 6.65. The van der Waals surface area contributed by atoms with E-state index in [1.165, 1.54) is 17.3 Å². The number of halogens is 1. The second kappa shape index (κ2) is 12.3. The van der Waals surface area contributed by atoms with Gasteiger partial charge in [0.15, 0.2) is 5.16 Å². The summed E-state index contributed by atoms with van der Waals surface area (Å²) in [6.07, 6.45) is 2.58. The summed E-state index contributed by atoms with van der Waals surface area (Å²) in [5, 5.41) is 19.0. The largest absolute Gasteiger partial charge is 0.495 e. The van der Waals surface area contributed by atoms with E-state index in [0.717, 1.165) is 62.9 Å². The number of aromatic nitrogens is 3. The van der Waals surface area contributed by atoms with E-state index in [9.17, 15) is 5.26 Å². The minimum Gasteiger partial charge on any atom is -0.495 e. The van der Waals surface area contributed by atoms with Gasteiger partial charge >= 0.3 is 0 Å². The molecule has 10 heteroatoms. The highest BCUT2D eigenvalue weighted by Crippen LogP contribution is 2.39. The van der Waals surface area contributed by atoms with Crippen LogP contribution >= 0.6 is 23.4 Å². The topological polar surface area (TPSA) is 91.0 Å². The molecule has 5 aromatic rings. The summed E-state index contributed by atoms with van der Waals surface area (Å²) < 4.78 is 7.77. The van der Waals surface area contributed by atoms with Crippen molar-refractivity contribution in [1.82, 2.24) is 19.4 Å². The van der Waals surface area contributed by atoms with Crippen LogP contribution in [0.15, 0.2) is 64.8 Å². The Bertz CT molecular complexity index is 1780. The minimum atomic E-state index is 0.427. The maximum Gasteiger partial charge on any atom is 0.173 e. The van der Waals surface area contributed by atoms with Crippen LogP contribution in [0.3, 0.4) is 0 Å². The number of aryl methyl sites for hydroxylation is 2. The summed E-state index contributed by atoms with van der Waals surface area (Å²) in [5.74, 6) is 0.685. The van der Waals surface area contributed by atoms with Gasteiger partial charge in [0.1, 0.15) is 11.8 Å². The maximum atomic E-state index is 9.87. The number of fused-ring (bicyclic) bond motifs is 2. The number of imidazole rings is 1. The fourth-order valence-corrected chi connectivity index (χ4v) is 5.81. The first-order valence-corrected chi connectivity index (χ1v) is 14.4. The highest BCUT2D eigenvalue weighted by molar-refractivity contribution is 7.99. The monoisotopic (exact) mass is 585 g/mol. The van der Waals surface area contributed by atoms with Gasteiger partial charge in [-0.05, 0) is 82.0 Å². The summed E-state index contributed by atoms with van der Waals surface area (Å²) in [6.45, 7) is 3.85. The van der Waals surface area contributed by atoms with Crippen molar-refractivity contribution in [2.45, 2.75) is 23.4 Å². The lowest BCUT2D eigenvalue weighted by molar-refractivity contribution is 0.404. The van der Waals surface area contributed by atoms with Crippen molar-refractivity contribution in [2.24, 2.45) is 7.05 Å². The number of ether oxygens (including phenoxy) is 1. The molecule has 5 rings (SSSR count). The Morgan fingerprint density at radius 1 is 1.12 bits per heavy atom. The van der Waals surface area contributed by atoms with Crippen LogP contribution in [0, 0.1) is 18.3 Å². The lowest BCUT2D eigenvalue weighted by Gasteiger charge is -2.17. The second-order valence-electron chi connectivity index (χ2n) is 10.1. The fourth-order valence-electron chi connectivity index (χ4n) is 4.65. The van der Waals surface area contributed by atoms with Gasteiger partial charge in [0.2, 0.25) is 0 Å². The molecule has 0 aliphatic rings. The number of hydrogen-bond acceptors (Lipinski definition) is 8. The van der Waals surface area contributed by atoms with Crippen molar-refractivity contribution in [3.05, 3.63) is 70.9 Å². The van der Waals surface area contributed by atoms with Crippen LogP contribution in [-0.2, 0) is 7.05 Å². The molecule has 0 bridgehead atoms. The molecule has 0 saturated carbocycles. The van der Waals surface area contributed by atoms with E-state index in [1.807, 2.05) is 37.4 Å². The lowest BCUT2D eigenvalue weighted by Crippen LogP contribution is -2.16.